The van der Waals surface area contributed by atoms with E-state index in [2.05, 4.69) is 23.7 Å². The van der Waals surface area contributed by atoms with Crippen molar-refractivity contribution in [3.63, 3.8) is 0 Å². The first-order chi connectivity index (χ1) is 5.41. The third kappa shape index (κ3) is 8.56. The molecule has 0 saturated heterocycles. The maximum atomic E-state index is 8.31. The van der Waals surface area contributed by atoms with Crippen molar-refractivity contribution in [2.24, 2.45) is 0 Å². The molecule has 1 N–H and O–H groups in total. The maximum Gasteiger partial charge on any atom is 0.0621 e. The summed E-state index contributed by atoms with van der Waals surface area (Å²) >= 11 is 0. The Hall–Kier alpha value is -1.44. The molecule has 0 atom stereocenters. The Balaban J connectivity index is 3.74. The highest BCUT2D eigenvalue weighted by atomic mass is 16.2. The summed E-state index contributed by atoms with van der Waals surface area (Å²) in [6, 6.07) is 0. The van der Waals surface area contributed by atoms with E-state index in [1.165, 1.54) is 0 Å². The summed E-state index contributed by atoms with van der Waals surface area (Å²) in [5.74, 6) is 10.6. The van der Waals surface area contributed by atoms with Crippen LogP contribution < -0.4 is 0 Å². The second-order valence-corrected chi connectivity index (χ2v) is 1.62. The summed E-state index contributed by atoms with van der Waals surface area (Å²) in [5.41, 5.74) is 0. The van der Waals surface area contributed by atoms with E-state index in [1.54, 1.807) is 18.2 Å². The Labute approximate surface area is 67.4 Å². The predicted octanol–water partition coefficient (Wildman–Crippen LogP) is 1.12. The fourth-order valence-electron chi connectivity index (χ4n) is 0.350. The minimum Gasteiger partial charge on any atom is -0.392 e. The van der Waals surface area contributed by atoms with Crippen LogP contribution in [0.3, 0.4) is 0 Å². The molecule has 0 unspecified atom stereocenters. The Morgan fingerprint density at radius 2 is 1.82 bits per heavy atom. The molecule has 11 heavy (non-hydrogen) atoms. The molecule has 0 amide bonds. The minimum atomic E-state index is 0.0248. The summed E-state index contributed by atoms with van der Waals surface area (Å²) in [6.07, 6.45) is 6.71. The van der Waals surface area contributed by atoms with Crippen molar-refractivity contribution in [1.82, 2.24) is 0 Å². The van der Waals surface area contributed by atoms with E-state index in [0.717, 1.165) is 0 Å². The number of aliphatic hydroxyl groups is 1. The van der Waals surface area contributed by atoms with Crippen LogP contribution >= 0.6 is 0 Å². The highest BCUT2D eigenvalue weighted by molar-refractivity contribution is 5.33. The van der Waals surface area contributed by atoms with Gasteiger partial charge in [0.25, 0.3) is 0 Å². The Bertz CT molecular complexity index is 250. The first kappa shape index (κ1) is 9.56. The second kappa shape index (κ2) is 8.56. The summed E-state index contributed by atoms with van der Waals surface area (Å²) in [6.45, 7) is 1.92. The quantitative estimate of drug-likeness (QED) is 0.549. The molecule has 0 radical (unpaired) electrons. The fraction of sp³-hybridized carbons (Fsp3) is 0.200. The number of aliphatic hydroxyl groups excluding tert-OH is 1. The SMILES string of the molecule is C/C=C/C#CC#C/C=C/CO. The van der Waals surface area contributed by atoms with E-state index in [4.69, 9.17) is 5.11 Å². The molecule has 0 aromatic rings. The molecule has 1 heteroatoms. The van der Waals surface area contributed by atoms with Gasteiger partial charge in [0.2, 0.25) is 0 Å². The molecule has 0 bridgehead atoms. The molecule has 0 aliphatic carbocycles. The summed E-state index contributed by atoms with van der Waals surface area (Å²) in [4.78, 5) is 0. The fourth-order valence-corrected chi connectivity index (χ4v) is 0.350. The van der Waals surface area contributed by atoms with E-state index >= 15 is 0 Å². The van der Waals surface area contributed by atoms with Crippen LogP contribution in [0.15, 0.2) is 24.3 Å². The molecule has 0 aliphatic rings. The van der Waals surface area contributed by atoms with E-state index in [-0.39, 0.29) is 6.61 Å². The summed E-state index contributed by atoms with van der Waals surface area (Å²) in [7, 11) is 0. The largest absolute Gasteiger partial charge is 0.392 e. The zero-order valence-electron chi connectivity index (χ0n) is 6.46. The van der Waals surface area contributed by atoms with Crippen LogP contribution in [0, 0.1) is 23.7 Å². The molecule has 0 spiro atoms. The zero-order chi connectivity index (χ0) is 8.36. The van der Waals surface area contributed by atoms with Crippen LogP contribution in [0.4, 0.5) is 0 Å². The smallest absolute Gasteiger partial charge is 0.0621 e. The van der Waals surface area contributed by atoms with Gasteiger partial charge in [-0.15, -0.1) is 0 Å². The molecule has 1 nitrogen and oxygen atoms in total. The van der Waals surface area contributed by atoms with Crippen molar-refractivity contribution >= 4 is 0 Å². The van der Waals surface area contributed by atoms with Gasteiger partial charge in [0, 0.05) is 0 Å². The van der Waals surface area contributed by atoms with Gasteiger partial charge in [0.15, 0.2) is 0 Å². The molecule has 0 aliphatic heterocycles. The van der Waals surface area contributed by atoms with Gasteiger partial charge in [-0.3, -0.25) is 0 Å². The van der Waals surface area contributed by atoms with Crippen LogP contribution in [0.2, 0.25) is 0 Å². The molecule has 0 heterocycles. The Kier molecular flexibility index (Phi) is 7.44. The van der Waals surface area contributed by atoms with Crippen LogP contribution in [0.1, 0.15) is 6.92 Å². The molecule has 0 rings (SSSR count). The molecule has 0 aromatic carbocycles. The van der Waals surface area contributed by atoms with Crippen molar-refractivity contribution in [2.75, 3.05) is 6.61 Å². The lowest BCUT2D eigenvalue weighted by molar-refractivity contribution is 0.343. The number of hydrogen-bond acceptors (Lipinski definition) is 1. The van der Waals surface area contributed by atoms with Gasteiger partial charge < -0.3 is 5.11 Å². The second-order valence-electron chi connectivity index (χ2n) is 1.62. The highest BCUT2D eigenvalue weighted by Gasteiger charge is 1.59. The average Bonchev–Trinajstić information content (AvgIpc) is 2.03. The van der Waals surface area contributed by atoms with Gasteiger partial charge in [-0.1, -0.05) is 24.0 Å². The molecule has 56 valence electrons. The van der Waals surface area contributed by atoms with Crippen molar-refractivity contribution in [2.45, 2.75) is 6.92 Å². The van der Waals surface area contributed by atoms with Crippen molar-refractivity contribution in [3.05, 3.63) is 24.3 Å². The van der Waals surface area contributed by atoms with Crippen molar-refractivity contribution < 1.29 is 5.11 Å². The average molecular weight is 146 g/mol. The van der Waals surface area contributed by atoms with Crippen LogP contribution in [0.5, 0.6) is 0 Å². The van der Waals surface area contributed by atoms with Crippen LogP contribution in [0.25, 0.3) is 0 Å². The molecular formula is C10H10O. The lowest BCUT2D eigenvalue weighted by Crippen LogP contribution is -1.67. The third-order valence-corrected chi connectivity index (χ3v) is 0.763. The summed E-state index contributed by atoms with van der Waals surface area (Å²) < 4.78 is 0. The number of allylic oxidation sites excluding steroid dienone is 3. The standard InChI is InChI=1S/C10H10O/c1-2-3-4-5-6-7-8-9-10-11/h2-3,8-9,11H,10H2,1H3/b3-2+,9-8+. The first-order valence-corrected chi connectivity index (χ1v) is 3.30. The normalized spacial score (nSPS) is 8.91. The van der Waals surface area contributed by atoms with Crippen molar-refractivity contribution in [1.29, 1.82) is 0 Å². The zero-order valence-corrected chi connectivity index (χ0v) is 6.46. The molecule has 0 fully saturated rings. The molecule has 0 saturated carbocycles. The Morgan fingerprint density at radius 1 is 1.18 bits per heavy atom. The predicted molar refractivity (Wildman–Crippen MR) is 46.6 cm³/mol. The highest BCUT2D eigenvalue weighted by Crippen LogP contribution is 1.66. The van der Waals surface area contributed by atoms with Gasteiger partial charge in [-0.2, -0.15) is 0 Å². The van der Waals surface area contributed by atoms with E-state index < -0.39 is 0 Å². The van der Waals surface area contributed by atoms with Gasteiger partial charge in [0.1, 0.15) is 0 Å². The minimum absolute atomic E-state index is 0.0248. The van der Waals surface area contributed by atoms with Crippen LogP contribution in [-0.4, -0.2) is 11.7 Å². The van der Waals surface area contributed by atoms with Gasteiger partial charge in [0.05, 0.1) is 6.61 Å². The Morgan fingerprint density at radius 3 is 2.36 bits per heavy atom. The molecule has 0 aromatic heterocycles. The van der Waals surface area contributed by atoms with Gasteiger partial charge >= 0.3 is 0 Å². The molecular weight excluding hydrogens is 136 g/mol. The lowest BCUT2D eigenvalue weighted by Gasteiger charge is -1.68. The lowest BCUT2D eigenvalue weighted by atomic mass is 10.4. The van der Waals surface area contributed by atoms with E-state index in [0.29, 0.717) is 0 Å². The number of hydrogen-bond donors (Lipinski definition) is 1. The third-order valence-electron chi connectivity index (χ3n) is 0.763. The number of rotatable bonds is 1. The van der Waals surface area contributed by atoms with Gasteiger partial charge in [-0.25, -0.2) is 0 Å². The van der Waals surface area contributed by atoms with E-state index in [9.17, 15) is 0 Å². The van der Waals surface area contributed by atoms with Gasteiger partial charge in [-0.05, 0) is 30.9 Å². The first-order valence-electron chi connectivity index (χ1n) is 3.30. The maximum absolute atomic E-state index is 8.31. The van der Waals surface area contributed by atoms with E-state index in [1.807, 2.05) is 13.0 Å². The van der Waals surface area contributed by atoms with Crippen LogP contribution in [-0.2, 0) is 0 Å². The topological polar surface area (TPSA) is 20.2 Å². The monoisotopic (exact) mass is 146 g/mol. The van der Waals surface area contributed by atoms with Crippen molar-refractivity contribution in [3.8, 4) is 23.7 Å². The summed E-state index contributed by atoms with van der Waals surface area (Å²) in [5, 5.41) is 8.31.